The average molecular weight is 505 g/mol. The summed E-state index contributed by atoms with van der Waals surface area (Å²) in [6.07, 6.45) is 1.43. The van der Waals surface area contributed by atoms with Crippen molar-refractivity contribution in [3.05, 3.63) is 30.1 Å². The largest absolute Gasteiger partial charge is 0.368 e. The van der Waals surface area contributed by atoms with E-state index in [1.165, 1.54) is 12.1 Å². The van der Waals surface area contributed by atoms with Gasteiger partial charge in [0.15, 0.2) is 5.96 Å². The number of piperazine rings is 1. The maximum atomic E-state index is 13.0. The van der Waals surface area contributed by atoms with Crippen molar-refractivity contribution in [3.8, 4) is 0 Å². The number of amides is 1. The first-order valence-corrected chi connectivity index (χ1v) is 9.86. The predicted molar refractivity (Wildman–Crippen MR) is 124 cm³/mol. The van der Waals surface area contributed by atoms with Crippen LogP contribution < -0.4 is 15.5 Å². The third kappa shape index (κ3) is 7.81. The van der Waals surface area contributed by atoms with E-state index in [1.807, 2.05) is 11.8 Å². The topological polar surface area (TPSA) is 60.0 Å². The monoisotopic (exact) mass is 505 g/mol. The van der Waals surface area contributed by atoms with Gasteiger partial charge < -0.3 is 20.4 Å². The minimum Gasteiger partial charge on any atom is -0.368 e. The SMILES string of the molecule is CCNC(=NCCC(=O)N1CCN(c2ccc(F)cc2)CC1)NC(C)CC.I. The Hall–Kier alpha value is -1.58. The molecular weight excluding hydrogens is 472 g/mol. The van der Waals surface area contributed by atoms with E-state index in [0.717, 1.165) is 37.7 Å². The summed E-state index contributed by atoms with van der Waals surface area (Å²) < 4.78 is 13.0. The second kappa shape index (κ2) is 12.8. The van der Waals surface area contributed by atoms with Crippen molar-refractivity contribution in [3.63, 3.8) is 0 Å². The predicted octanol–water partition coefficient (Wildman–Crippen LogP) is 2.84. The van der Waals surface area contributed by atoms with Crippen LogP contribution in [0.25, 0.3) is 0 Å². The van der Waals surface area contributed by atoms with Crippen molar-refractivity contribution in [2.24, 2.45) is 4.99 Å². The fraction of sp³-hybridized carbons (Fsp3) is 0.600. The summed E-state index contributed by atoms with van der Waals surface area (Å²) in [4.78, 5) is 21.0. The lowest BCUT2D eigenvalue weighted by Gasteiger charge is -2.36. The molecule has 1 aromatic rings. The van der Waals surface area contributed by atoms with Crippen molar-refractivity contribution < 1.29 is 9.18 Å². The summed E-state index contributed by atoms with van der Waals surface area (Å²) in [5.74, 6) is 0.672. The van der Waals surface area contributed by atoms with E-state index in [9.17, 15) is 9.18 Å². The molecular formula is C20H33FIN5O. The maximum absolute atomic E-state index is 13.0. The molecule has 0 aromatic heterocycles. The second-order valence-electron chi connectivity index (χ2n) is 6.81. The molecule has 6 nitrogen and oxygen atoms in total. The highest BCUT2D eigenvalue weighted by Gasteiger charge is 2.21. The first kappa shape index (κ1) is 24.5. The Labute approximate surface area is 185 Å². The van der Waals surface area contributed by atoms with Crippen LogP contribution in [0.3, 0.4) is 0 Å². The van der Waals surface area contributed by atoms with Gasteiger partial charge in [0.05, 0.1) is 6.54 Å². The summed E-state index contributed by atoms with van der Waals surface area (Å²) in [6.45, 7) is 10.4. The number of benzene rings is 1. The highest BCUT2D eigenvalue weighted by Crippen LogP contribution is 2.17. The van der Waals surface area contributed by atoms with Crippen LogP contribution in [-0.2, 0) is 4.79 Å². The van der Waals surface area contributed by atoms with Crippen LogP contribution in [0.4, 0.5) is 10.1 Å². The molecule has 0 aliphatic carbocycles. The van der Waals surface area contributed by atoms with Crippen molar-refractivity contribution in [1.29, 1.82) is 0 Å². The Bertz CT molecular complexity index is 618. The van der Waals surface area contributed by atoms with Gasteiger partial charge in [0.1, 0.15) is 5.82 Å². The molecule has 1 heterocycles. The van der Waals surface area contributed by atoms with Crippen LogP contribution in [-0.4, -0.2) is 62.1 Å². The summed E-state index contributed by atoms with van der Waals surface area (Å²) in [7, 11) is 0. The van der Waals surface area contributed by atoms with E-state index in [0.29, 0.717) is 32.1 Å². The quantitative estimate of drug-likeness (QED) is 0.340. The minimum atomic E-state index is -0.229. The number of aliphatic imine (C=N–C) groups is 1. The summed E-state index contributed by atoms with van der Waals surface area (Å²) in [5, 5.41) is 6.54. The Balaban J connectivity index is 0.00000392. The number of guanidine groups is 1. The molecule has 0 bridgehead atoms. The number of carbonyl (C=O) groups excluding carboxylic acids is 1. The third-order valence-electron chi connectivity index (χ3n) is 4.76. The zero-order chi connectivity index (χ0) is 19.6. The van der Waals surface area contributed by atoms with Crippen LogP contribution in [0, 0.1) is 5.82 Å². The van der Waals surface area contributed by atoms with Gasteiger partial charge in [0.2, 0.25) is 5.91 Å². The van der Waals surface area contributed by atoms with E-state index in [4.69, 9.17) is 0 Å². The Morgan fingerprint density at radius 2 is 1.82 bits per heavy atom. The van der Waals surface area contributed by atoms with Crippen molar-refractivity contribution in [2.75, 3.05) is 44.2 Å². The summed E-state index contributed by atoms with van der Waals surface area (Å²) in [5.41, 5.74) is 1.000. The van der Waals surface area contributed by atoms with Gasteiger partial charge in [0, 0.05) is 50.9 Å². The Kier molecular flexibility index (Phi) is 11.2. The Morgan fingerprint density at radius 1 is 1.18 bits per heavy atom. The molecule has 1 aliphatic rings. The van der Waals surface area contributed by atoms with Crippen molar-refractivity contribution >= 4 is 41.5 Å². The lowest BCUT2D eigenvalue weighted by molar-refractivity contribution is -0.131. The Morgan fingerprint density at radius 3 is 2.39 bits per heavy atom. The van der Waals surface area contributed by atoms with Gasteiger partial charge in [-0.1, -0.05) is 6.92 Å². The summed E-state index contributed by atoms with van der Waals surface area (Å²) in [6, 6.07) is 6.86. The van der Waals surface area contributed by atoms with Gasteiger partial charge in [-0.25, -0.2) is 4.39 Å². The van der Waals surface area contributed by atoms with Gasteiger partial charge in [-0.2, -0.15) is 0 Å². The lowest BCUT2D eigenvalue weighted by atomic mass is 10.2. The van der Waals surface area contributed by atoms with Gasteiger partial charge in [-0.3, -0.25) is 9.79 Å². The highest BCUT2D eigenvalue weighted by molar-refractivity contribution is 14.0. The number of hydrogen-bond acceptors (Lipinski definition) is 3. The number of nitrogens with zero attached hydrogens (tertiary/aromatic N) is 3. The fourth-order valence-corrected chi connectivity index (χ4v) is 2.94. The van der Waals surface area contributed by atoms with Gasteiger partial charge >= 0.3 is 0 Å². The van der Waals surface area contributed by atoms with Gasteiger partial charge in [-0.05, 0) is 44.5 Å². The molecule has 1 atom stereocenters. The average Bonchev–Trinajstić information content (AvgIpc) is 2.68. The van der Waals surface area contributed by atoms with Gasteiger partial charge in [-0.15, -0.1) is 24.0 Å². The number of nitrogens with one attached hydrogen (secondary N) is 2. The molecule has 28 heavy (non-hydrogen) atoms. The molecule has 0 saturated carbocycles. The van der Waals surface area contributed by atoms with E-state index in [1.54, 1.807) is 12.1 Å². The zero-order valence-electron chi connectivity index (χ0n) is 17.1. The fourth-order valence-electron chi connectivity index (χ4n) is 2.94. The molecule has 8 heteroatoms. The second-order valence-corrected chi connectivity index (χ2v) is 6.81. The first-order chi connectivity index (χ1) is 13.0. The molecule has 158 valence electrons. The van der Waals surface area contributed by atoms with E-state index in [-0.39, 0.29) is 35.7 Å². The zero-order valence-corrected chi connectivity index (χ0v) is 19.4. The van der Waals surface area contributed by atoms with Crippen LogP contribution >= 0.6 is 24.0 Å². The molecule has 2 N–H and O–H groups in total. The number of rotatable bonds is 7. The van der Waals surface area contributed by atoms with Crippen molar-refractivity contribution in [2.45, 2.75) is 39.7 Å². The molecule has 1 aromatic carbocycles. The molecule has 1 aliphatic heterocycles. The number of halogens is 2. The normalized spacial score (nSPS) is 15.6. The minimum absolute atomic E-state index is 0. The standard InChI is InChI=1S/C20H32FN5O.HI/c1-4-16(3)24-20(22-5-2)23-11-10-19(27)26-14-12-25(13-15-26)18-8-6-17(21)7-9-18;/h6-9,16H,4-5,10-15H2,1-3H3,(H2,22,23,24);1H. The van der Waals surface area contributed by atoms with Crippen LogP contribution in [0.1, 0.15) is 33.6 Å². The third-order valence-corrected chi connectivity index (χ3v) is 4.76. The van der Waals surface area contributed by atoms with E-state index < -0.39 is 0 Å². The number of hydrogen-bond donors (Lipinski definition) is 2. The number of anilines is 1. The molecule has 1 amide bonds. The van der Waals surface area contributed by atoms with E-state index >= 15 is 0 Å². The first-order valence-electron chi connectivity index (χ1n) is 9.86. The van der Waals surface area contributed by atoms with Crippen LogP contribution in [0.15, 0.2) is 29.3 Å². The van der Waals surface area contributed by atoms with Crippen LogP contribution in [0.2, 0.25) is 0 Å². The number of carbonyl (C=O) groups is 1. The van der Waals surface area contributed by atoms with E-state index in [2.05, 4.69) is 34.4 Å². The molecule has 1 saturated heterocycles. The molecule has 1 unspecified atom stereocenters. The highest BCUT2D eigenvalue weighted by atomic mass is 127. The maximum Gasteiger partial charge on any atom is 0.224 e. The smallest absolute Gasteiger partial charge is 0.224 e. The summed E-state index contributed by atoms with van der Waals surface area (Å²) >= 11 is 0. The molecule has 1 fully saturated rings. The molecule has 0 radical (unpaired) electrons. The van der Waals surface area contributed by atoms with Crippen molar-refractivity contribution in [1.82, 2.24) is 15.5 Å². The van der Waals surface area contributed by atoms with Crippen LogP contribution in [0.5, 0.6) is 0 Å². The molecule has 2 rings (SSSR count). The lowest BCUT2D eigenvalue weighted by Crippen LogP contribution is -2.49. The molecule has 0 spiro atoms. The van der Waals surface area contributed by atoms with Gasteiger partial charge in [0.25, 0.3) is 0 Å².